The van der Waals surface area contributed by atoms with E-state index in [9.17, 15) is 9.90 Å². The molecule has 1 N–H and O–H groups in total. The van der Waals surface area contributed by atoms with Crippen LogP contribution in [0.4, 0.5) is 0 Å². The van der Waals surface area contributed by atoms with Crippen LogP contribution in [0, 0.1) is 22.2 Å². The summed E-state index contributed by atoms with van der Waals surface area (Å²) in [5.41, 5.74) is 0.152. The van der Waals surface area contributed by atoms with Crippen molar-refractivity contribution in [2.24, 2.45) is 22.2 Å². The van der Waals surface area contributed by atoms with Gasteiger partial charge in [-0.15, -0.1) is 0 Å². The fourth-order valence-corrected chi connectivity index (χ4v) is 4.69. The molecule has 0 aromatic heterocycles. The molecule has 19 heavy (non-hydrogen) atoms. The zero-order chi connectivity index (χ0) is 14.3. The monoisotopic (exact) mass is 264 g/mol. The van der Waals surface area contributed by atoms with Crippen molar-refractivity contribution in [1.29, 1.82) is 0 Å². The third-order valence-electron chi connectivity index (χ3n) is 6.85. The van der Waals surface area contributed by atoms with Crippen LogP contribution in [0.3, 0.4) is 0 Å². The summed E-state index contributed by atoms with van der Waals surface area (Å²) in [5, 5.41) is 9.45. The second-order valence-electron chi connectivity index (χ2n) is 7.56. The Balaban J connectivity index is 2.47. The molecule has 2 aliphatic rings. The van der Waals surface area contributed by atoms with Crippen LogP contribution in [0.2, 0.25) is 0 Å². The molecule has 0 aromatic carbocycles. The van der Waals surface area contributed by atoms with Gasteiger partial charge in [-0.3, -0.25) is 4.79 Å². The van der Waals surface area contributed by atoms with Gasteiger partial charge in [0, 0.05) is 0 Å². The second kappa shape index (κ2) is 4.64. The van der Waals surface area contributed by atoms with Gasteiger partial charge in [0.1, 0.15) is 0 Å². The van der Waals surface area contributed by atoms with Crippen molar-refractivity contribution in [1.82, 2.24) is 0 Å². The summed E-state index contributed by atoms with van der Waals surface area (Å²) >= 11 is 0. The molecule has 0 aromatic rings. The lowest BCUT2D eigenvalue weighted by molar-refractivity contribution is -0.166. The Labute approximate surface area is 117 Å². The lowest BCUT2D eigenvalue weighted by Gasteiger charge is -2.63. The Morgan fingerprint density at radius 2 is 1.95 bits per heavy atom. The van der Waals surface area contributed by atoms with Gasteiger partial charge in [-0.2, -0.15) is 0 Å². The second-order valence-corrected chi connectivity index (χ2v) is 7.56. The molecule has 0 heterocycles. The maximum atomic E-state index is 11.5. The predicted octanol–water partition coefficient (Wildman–Crippen LogP) is 4.65. The van der Waals surface area contributed by atoms with Gasteiger partial charge in [0.15, 0.2) is 0 Å². The van der Waals surface area contributed by atoms with E-state index < -0.39 is 5.97 Å². The van der Waals surface area contributed by atoms with Gasteiger partial charge in [-0.25, -0.2) is 0 Å². The van der Waals surface area contributed by atoms with Crippen molar-refractivity contribution in [3.63, 3.8) is 0 Å². The molecule has 3 atom stereocenters. The van der Waals surface area contributed by atoms with E-state index in [2.05, 4.69) is 39.8 Å². The standard InChI is InChI=1S/C17H28O2/c1-13-8-11-17(9-6-5-7-10-17)16(4,12-14(18)19)15(13,2)3/h5-6,13H,7-12H2,1-4H3,(H,18,19). The molecular weight excluding hydrogens is 236 g/mol. The largest absolute Gasteiger partial charge is 0.481 e. The molecule has 1 spiro atoms. The van der Waals surface area contributed by atoms with Gasteiger partial charge in [-0.05, 0) is 54.3 Å². The molecule has 3 unspecified atom stereocenters. The highest BCUT2D eigenvalue weighted by Crippen LogP contribution is 2.67. The summed E-state index contributed by atoms with van der Waals surface area (Å²) in [6, 6.07) is 0. The van der Waals surface area contributed by atoms with Crippen molar-refractivity contribution >= 4 is 5.97 Å². The van der Waals surface area contributed by atoms with Gasteiger partial charge in [0.2, 0.25) is 0 Å². The first-order valence-electron chi connectivity index (χ1n) is 7.62. The number of carboxylic acids is 1. The van der Waals surface area contributed by atoms with Crippen molar-refractivity contribution in [2.45, 2.75) is 66.2 Å². The minimum atomic E-state index is -0.640. The molecular formula is C17H28O2. The smallest absolute Gasteiger partial charge is 0.303 e. The van der Waals surface area contributed by atoms with Crippen LogP contribution in [0.25, 0.3) is 0 Å². The molecule has 1 saturated carbocycles. The highest BCUT2D eigenvalue weighted by atomic mass is 16.4. The SMILES string of the molecule is CC1CCC2(CC=CCC2)C(C)(CC(=O)O)C1(C)C. The van der Waals surface area contributed by atoms with Crippen LogP contribution in [0.1, 0.15) is 66.2 Å². The van der Waals surface area contributed by atoms with Crippen LogP contribution >= 0.6 is 0 Å². The average Bonchev–Trinajstić information content (AvgIpc) is 2.34. The molecule has 2 heteroatoms. The summed E-state index contributed by atoms with van der Waals surface area (Å²) in [6.07, 6.45) is 10.6. The Bertz CT molecular complexity index is 396. The number of hydrogen-bond donors (Lipinski definition) is 1. The fraction of sp³-hybridized carbons (Fsp3) is 0.824. The van der Waals surface area contributed by atoms with Crippen molar-refractivity contribution in [2.75, 3.05) is 0 Å². The maximum Gasteiger partial charge on any atom is 0.303 e. The lowest BCUT2D eigenvalue weighted by Crippen LogP contribution is -2.56. The third kappa shape index (κ3) is 2.04. The Kier molecular flexibility index (Phi) is 3.57. The molecule has 1 fully saturated rings. The van der Waals surface area contributed by atoms with Crippen LogP contribution in [-0.2, 0) is 4.79 Å². The van der Waals surface area contributed by atoms with E-state index in [4.69, 9.17) is 0 Å². The molecule has 0 aliphatic heterocycles. The minimum Gasteiger partial charge on any atom is -0.481 e. The highest BCUT2D eigenvalue weighted by Gasteiger charge is 2.60. The molecule has 0 amide bonds. The first kappa shape index (κ1) is 14.6. The summed E-state index contributed by atoms with van der Waals surface area (Å²) < 4.78 is 0. The minimum absolute atomic E-state index is 0.0782. The fourth-order valence-electron chi connectivity index (χ4n) is 4.69. The number of aliphatic carboxylic acids is 1. The topological polar surface area (TPSA) is 37.3 Å². The third-order valence-corrected chi connectivity index (χ3v) is 6.85. The molecule has 0 bridgehead atoms. The summed E-state index contributed by atoms with van der Waals surface area (Å²) in [5.74, 6) is -0.0491. The van der Waals surface area contributed by atoms with Crippen LogP contribution < -0.4 is 0 Å². The van der Waals surface area contributed by atoms with E-state index in [0.29, 0.717) is 12.3 Å². The first-order valence-corrected chi connectivity index (χ1v) is 7.62. The van der Waals surface area contributed by atoms with Crippen LogP contribution in [0.15, 0.2) is 12.2 Å². The van der Waals surface area contributed by atoms with E-state index in [1.54, 1.807) is 0 Å². The Morgan fingerprint density at radius 3 is 2.47 bits per heavy atom. The summed E-state index contributed by atoms with van der Waals surface area (Å²) in [6.45, 7) is 9.13. The highest BCUT2D eigenvalue weighted by molar-refractivity contribution is 5.68. The van der Waals surface area contributed by atoms with Crippen molar-refractivity contribution in [3.8, 4) is 0 Å². The zero-order valence-electron chi connectivity index (χ0n) is 12.8. The van der Waals surface area contributed by atoms with Gasteiger partial charge in [0.05, 0.1) is 6.42 Å². The number of rotatable bonds is 2. The zero-order valence-corrected chi connectivity index (χ0v) is 12.8. The van der Waals surface area contributed by atoms with Gasteiger partial charge < -0.3 is 5.11 Å². The quantitative estimate of drug-likeness (QED) is 0.737. The van der Waals surface area contributed by atoms with Crippen molar-refractivity contribution < 1.29 is 9.90 Å². The van der Waals surface area contributed by atoms with Crippen LogP contribution in [-0.4, -0.2) is 11.1 Å². The molecule has 0 saturated heterocycles. The average molecular weight is 264 g/mol. The number of hydrogen-bond acceptors (Lipinski definition) is 1. The Hall–Kier alpha value is -0.790. The first-order chi connectivity index (χ1) is 8.75. The maximum absolute atomic E-state index is 11.5. The van der Waals surface area contributed by atoms with Crippen molar-refractivity contribution in [3.05, 3.63) is 12.2 Å². The number of allylic oxidation sites excluding steroid dienone is 2. The normalized spacial score (nSPS) is 41.4. The lowest BCUT2D eigenvalue weighted by atomic mass is 9.41. The summed E-state index contributed by atoms with van der Waals surface area (Å²) in [7, 11) is 0. The Morgan fingerprint density at radius 1 is 1.26 bits per heavy atom. The molecule has 108 valence electrons. The van der Waals surface area contributed by atoms with E-state index in [1.807, 2.05) is 0 Å². The number of carbonyl (C=O) groups is 1. The van der Waals surface area contributed by atoms with Gasteiger partial charge in [-0.1, -0.05) is 39.8 Å². The number of carboxylic acid groups (broad SMARTS) is 1. The van der Waals surface area contributed by atoms with E-state index >= 15 is 0 Å². The molecule has 2 aliphatic carbocycles. The van der Waals surface area contributed by atoms with E-state index in [0.717, 1.165) is 19.3 Å². The van der Waals surface area contributed by atoms with E-state index in [-0.39, 0.29) is 16.2 Å². The predicted molar refractivity (Wildman–Crippen MR) is 78.0 cm³/mol. The molecule has 0 radical (unpaired) electrons. The van der Waals surface area contributed by atoms with Gasteiger partial charge >= 0.3 is 5.97 Å². The molecule has 2 nitrogen and oxygen atoms in total. The van der Waals surface area contributed by atoms with Gasteiger partial charge in [0.25, 0.3) is 0 Å². The van der Waals surface area contributed by atoms with Crippen LogP contribution in [0.5, 0.6) is 0 Å². The summed E-state index contributed by atoms with van der Waals surface area (Å²) in [4.78, 5) is 11.5. The van der Waals surface area contributed by atoms with E-state index in [1.165, 1.54) is 12.8 Å². The molecule has 2 rings (SSSR count).